The van der Waals surface area contributed by atoms with E-state index in [2.05, 4.69) is 10.5 Å². The number of hydrogen-bond donors (Lipinski definition) is 1. The Labute approximate surface area is 185 Å². The Balaban J connectivity index is 1.79. The van der Waals surface area contributed by atoms with Crippen molar-refractivity contribution in [3.8, 4) is 11.5 Å². The molecular weight excluding hydrogens is 410 g/mol. The van der Waals surface area contributed by atoms with E-state index in [0.717, 1.165) is 16.7 Å². The molecule has 0 aliphatic heterocycles. The fourth-order valence-corrected chi connectivity index (χ4v) is 3.01. The highest BCUT2D eigenvalue weighted by molar-refractivity contribution is 5.95. The fraction of sp³-hybridized carbons (Fsp3) is 0.167. The maximum absolute atomic E-state index is 12.2. The van der Waals surface area contributed by atoms with Crippen LogP contribution in [-0.4, -0.2) is 24.2 Å². The van der Waals surface area contributed by atoms with Gasteiger partial charge in [-0.05, 0) is 37.6 Å². The van der Waals surface area contributed by atoms with Crippen molar-refractivity contribution in [2.24, 2.45) is 5.10 Å². The van der Waals surface area contributed by atoms with Crippen molar-refractivity contribution in [2.75, 3.05) is 7.11 Å². The molecule has 32 heavy (non-hydrogen) atoms. The van der Waals surface area contributed by atoms with Gasteiger partial charge in [0.1, 0.15) is 6.61 Å². The summed E-state index contributed by atoms with van der Waals surface area (Å²) in [5.74, 6) is -0.168. The molecule has 3 rings (SSSR count). The minimum absolute atomic E-state index is 0.0276. The highest BCUT2D eigenvalue weighted by Gasteiger charge is 2.22. The first-order valence-corrected chi connectivity index (χ1v) is 9.82. The highest BCUT2D eigenvalue weighted by atomic mass is 16.6. The number of aryl methyl sites for hydroxylation is 2. The zero-order chi connectivity index (χ0) is 23.1. The lowest BCUT2D eigenvalue weighted by atomic mass is 10.1. The monoisotopic (exact) mass is 433 g/mol. The first kappa shape index (κ1) is 22.5. The van der Waals surface area contributed by atoms with Gasteiger partial charge < -0.3 is 9.47 Å². The predicted octanol–water partition coefficient (Wildman–Crippen LogP) is 4.56. The van der Waals surface area contributed by atoms with Crippen LogP contribution >= 0.6 is 0 Å². The van der Waals surface area contributed by atoms with Gasteiger partial charge in [-0.15, -0.1) is 0 Å². The number of amides is 1. The summed E-state index contributed by atoms with van der Waals surface area (Å²) in [7, 11) is 1.40. The molecule has 0 atom stereocenters. The number of carbonyl (C=O) groups excluding carboxylic acids is 1. The van der Waals surface area contributed by atoms with E-state index in [1.165, 1.54) is 19.4 Å². The van der Waals surface area contributed by atoms with E-state index in [1.807, 2.05) is 50.2 Å². The first-order valence-electron chi connectivity index (χ1n) is 9.82. The summed E-state index contributed by atoms with van der Waals surface area (Å²) in [5, 5.41) is 15.6. The van der Waals surface area contributed by atoms with Gasteiger partial charge >= 0.3 is 5.69 Å². The lowest BCUT2D eigenvalue weighted by molar-refractivity contribution is -0.386. The molecule has 0 unspecified atom stereocenters. The van der Waals surface area contributed by atoms with Crippen LogP contribution in [-0.2, 0) is 6.61 Å². The topological polar surface area (TPSA) is 103 Å². The highest BCUT2D eigenvalue weighted by Crippen LogP contribution is 2.38. The molecule has 0 radical (unpaired) electrons. The molecule has 0 fully saturated rings. The van der Waals surface area contributed by atoms with E-state index in [0.29, 0.717) is 11.1 Å². The van der Waals surface area contributed by atoms with Gasteiger partial charge in [0, 0.05) is 17.2 Å². The van der Waals surface area contributed by atoms with Crippen LogP contribution in [0.4, 0.5) is 5.69 Å². The molecule has 0 saturated heterocycles. The number of nitrogens with one attached hydrogen (secondary N) is 1. The summed E-state index contributed by atoms with van der Waals surface area (Å²) in [6.07, 6.45) is 1.31. The number of ether oxygens (including phenoxy) is 2. The Morgan fingerprint density at radius 3 is 2.50 bits per heavy atom. The third-order valence-electron chi connectivity index (χ3n) is 4.63. The number of nitrogens with zero attached hydrogens (tertiary/aromatic N) is 2. The average Bonchev–Trinajstić information content (AvgIpc) is 2.77. The van der Waals surface area contributed by atoms with Crippen molar-refractivity contribution in [1.29, 1.82) is 0 Å². The fourth-order valence-electron chi connectivity index (χ4n) is 3.01. The molecule has 0 aliphatic rings. The number of nitro benzene ring substituents is 1. The Hall–Kier alpha value is -4.20. The molecule has 8 nitrogen and oxygen atoms in total. The minimum atomic E-state index is -0.545. The smallest absolute Gasteiger partial charge is 0.315 e. The number of nitro groups is 1. The second kappa shape index (κ2) is 10.2. The molecule has 0 aromatic heterocycles. The molecular formula is C24H23N3O5. The molecule has 0 bridgehead atoms. The van der Waals surface area contributed by atoms with Crippen molar-refractivity contribution in [3.63, 3.8) is 0 Å². The van der Waals surface area contributed by atoms with E-state index in [9.17, 15) is 14.9 Å². The first-order chi connectivity index (χ1) is 15.4. The number of carbonyl (C=O) groups is 1. The van der Waals surface area contributed by atoms with Crippen LogP contribution in [0.3, 0.4) is 0 Å². The number of benzene rings is 3. The number of methoxy groups -OCH3 is 1. The van der Waals surface area contributed by atoms with Gasteiger partial charge in [-0.3, -0.25) is 14.9 Å². The summed E-state index contributed by atoms with van der Waals surface area (Å²) < 4.78 is 11.1. The molecule has 0 saturated carbocycles. The zero-order valence-corrected chi connectivity index (χ0v) is 18.0. The van der Waals surface area contributed by atoms with Crippen LogP contribution in [0.1, 0.15) is 32.6 Å². The molecule has 3 aromatic rings. The maximum atomic E-state index is 12.2. The van der Waals surface area contributed by atoms with Gasteiger partial charge in [0.25, 0.3) is 5.91 Å². The van der Waals surface area contributed by atoms with Crippen LogP contribution in [0.15, 0.2) is 65.8 Å². The molecule has 164 valence electrons. The van der Waals surface area contributed by atoms with Gasteiger partial charge in [-0.2, -0.15) is 5.10 Å². The Kier molecular flexibility index (Phi) is 7.17. The van der Waals surface area contributed by atoms with Gasteiger partial charge in [-0.1, -0.05) is 47.5 Å². The van der Waals surface area contributed by atoms with Gasteiger partial charge in [0.15, 0.2) is 5.75 Å². The van der Waals surface area contributed by atoms with E-state index >= 15 is 0 Å². The lowest BCUT2D eigenvalue weighted by Gasteiger charge is -2.12. The number of hydrazone groups is 1. The van der Waals surface area contributed by atoms with Gasteiger partial charge in [-0.25, -0.2) is 5.43 Å². The van der Waals surface area contributed by atoms with Crippen LogP contribution in [0.2, 0.25) is 0 Å². The second-order valence-electron chi connectivity index (χ2n) is 7.17. The van der Waals surface area contributed by atoms with Gasteiger partial charge in [0.05, 0.1) is 18.2 Å². The predicted molar refractivity (Wildman–Crippen MR) is 121 cm³/mol. The number of rotatable bonds is 8. The van der Waals surface area contributed by atoms with Crippen LogP contribution < -0.4 is 14.9 Å². The van der Waals surface area contributed by atoms with Crippen LogP contribution in [0.5, 0.6) is 11.5 Å². The lowest BCUT2D eigenvalue weighted by Crippen LogP contribution is -2.17. The molecule has 1 N–H and O–H groups in total. The van der Waals surface area contributed by atoms with Crippen molar-refractivity contribution >= 4 is 17.8 Å². The maximum Gasteiger partial charge on any atom is 0.315 e. The van der Waals surface area contributed by atoms with Crippen molar-refractivity contribution in [3.05, 3.63) is 98.6 Å². The van der Waals surface area contributed by atoms with E-state index in [1.54, 1.807) is 18.2 Å². The normalized spacial score (nSPS) is 10.7. The minimum Gasteiger partial charge on any atom is -0.493 e. The average molecular weight is 433 g/mol. The number of hydrogen-bond acceptors (Lipinski definition) is 6. The molecule has 0 aliphatic carbocycles. The van der Waals surface area contributed by atoms with Crippen LogP contribution in [0.25, 0.3) is 0 Å². The SMILES string of the molecule is COc1cc(/C=N\NC(=O)c2ccc(C)cc2)cc([N+](=O)[O-])c1OCc1cccc(C)c1. The zero-order valence-electron chi connectivity index (χ0n) is 18.0. The summed E-state index contributed by atoms with van der Waals surface area (Å²) in [5.41, 5.74) is 5.96. The standard InChI is InChI=1S/C24H23N3O5/c1-16-7-9-20(10-8-16)24(28)26-25-14-19-12-21(27(29)30)23(22(13-19)31-3)32-15-18-6-4-5-17(2)11-18/h4-14H,15H2,1-3H3,(H,26,28)/b25-14-. The molecule has 3 aromatic carbocycles. The largest absolute Gasteiger partial charge is 0.493 e. The molecule has 1 amide bonds. The van der Waals surface area contributed by atoms with E-state index in [4.69, 9.17) is 9.47 Å². The van der Waals surface area contributed by atoms with Crippen molar-refractivity contribution in [2.45, 2.75) is 20.5 Å². The third kappa shape index (κ3) is 5.69. The summed E-state index contributed by atoms with van der Waals surface area (Å²) >= 11 is 0. The van der Waals surface area contributed by atoms with Crippen molar-refractivity contribution < 1.29 is 19.2 Å². The Morgan fingerprint density at radius 1 is 1.09 bits per heavy atom. The third-order valence-corrected chi connectivity index (χ3v) is 4.63. The quantitative estimate of drug-likeness (QED) is 0.319. The summed E-state index contributed by atoms with van der Waals surface area (Å²) in [6.45, 7) is 4.03. The Bertz CT molecular complexity index is 1160. The molecule has 8 heteroatoms. The second-order valence-corrected chi connectivity index (χ2v) is 7.17. The molecule has 0 spiro atoms. The molecule has 0 heterocycles. The Morgan fingerprint density at radius 2 is 1.84 bits per heavy atom. The van der Waals surface area contributed by atoms with Crippen LogP contribution in [0, 0.1) is 24.0 Å². The van der Waals surface area contributed by atoms with Gasteiger partial charge in [0.2, 0.25) is 5.75 Å². The van der Waals surface area contributed by atoms with E-state index < -0.39 is 4.92 Å². The summed E-state index contributed by atoms with van der Waals surface area (Å²) in [6, 6.07) is 17.6. The van der Waals surface area contributed by atoms with Crippen molar-refractivity contribution in [1.82, 2.24) is 5.43 Å². The summed E-state index contributed by atoms with van der Waals surface area (Å²) in [4.78, 5) is 23.3. The van der Waals surface area contributed by atoms with E-state index in [-0.39, 0.29) is 29.7 Å².